The second-order valence-corrected chi connectivity index (χ2v) is 7.78. The Morgan fingerprint density at radius 1 is 1.12 bits per heavy atom. The number of carbonyl (C=O) groups excluding carboxylic acids is 1. The van der Waals surface area contributed by atoms with Gasteiger partial charge in [0.05, 0.1) is 4.90 Å². The lowest BCUT2D eigenvalue weighted by molar-refractivity contribution is 0.0797. The Balaban J connectivity index is 1.97. The fourth-order valence-corrected chi connectivity index (χ4v) is 3.35. The molecular formula is C18H23N3O3S. The molecule has 0 heterocycles. The van der Waals surface area contributed by atoms with Crippen molar-refractivity contribution in [2.75, 3.05) is 25.9 Å². The molecule has 1 amide bonds. The van der Waals surface area contributed by atoms with Gasteiger partial charge < -0.3 is 10.6 Å². The molecule has 2 rings (SSSR count). The number of hydrogen-bond donors (Lipinski definition) is 2. The van der Waals surface area contributed by atoms with Crippen LogP contribution in [0, 0.1) is 13.8 Å². The highest BCUT2D eigenvalue weighted by Crippen LogP contribution is 2.14. The molecule has 134 valence electrons. The number of sulfonamides is 1. The molecule has 0 saturated carbocycles. The minimum Gasteiger partial charge on any atom is -0.399 e. The van der Waals surface area contributed by atoms with Crippen molar-refractivity contribution in [2.45, 2.75) is 18.7 Å². The highest BCUT2D eigenvalue weighted by molar-refractivity contribution is 7.89. The van der Waals surface area contributed by atoms with E-state index >= 15 is 0 Å². The Kier molecular flexibility index (Phi) is 5.81. The first kappa shape index (κ1) is 19.0. The molecule has 25 heavy (non-hydrogen) atoms. The Morgan fingerprint density at radius 3 is 2.40 bits per heavy atom. The molecule has 0 fully saturated rings. The molecule has 0 radical (unpaired) electrons. The summed E-state index contributed by atoms with van der Waals surface area (Å²) < 4.78 is 27.0. The maximum Gasteiger partial charge on any atom is 0.253 e. The molecule has 0 spiro atoms. The second-order valence-electron chi connectivity index (χ2n) is 6.01. The Bertz CT molecular complexity index is 862. The number of carbonyl (C=O) groups is 1. The van der Waals surface area contributed by atoms with Gasteiger partial charge >= 0.3 is 0 Å². The summed E-state index contributed by atoms with van der Waals surface area (Å²) in [6, 6.07) is 11.8. The van der Waals surface area contributed by atoms with Crippen LogP contribution < -0.4 is 10.5 Å². The van der Waals surface area contributed by atoms with Gasteiger partial charge in [0.15, 0.2) is 0 Å². The lowest BCUT2D eigenvalue weighted by atomic mass is 10.1. The van der Waals surface area contributed by atoms with E-state index in [2.05, 4.69) is 4.72 Å². The van der Waals surface area contributed by atoms with Gasteiger partial charge in [-0.25, -0.2) is 13.1 Å². The molecule has 0 atom stereocenters. The lowest BCUT2D eigenvalue weighted by Gasteiger charge is -2.19. The molecule has 7 heteroatoms. The fraction of sp³-hybridized carbons (Fsp3) is 0.278. The quantitative estimate of drug-likeness (QED) is 0.769. The van der Waals surface area contributed by atoms with Crippen molar-refractivity contribution in [1.29, 1.82) is 0 Å². The zero-order chi connectivity index (χ0) is 18.6. The monoisotopic (exact) mass is 361 g/mol. The van der Waals surface area contributed by atoms with E-state index in [1.54, 1.807) is 49.5 Å². The molecule has 0 unspecified atom stereocenters. The highest BCUT2D eigenvalue weighted by Gasteiger charge is 2.17. The summed E-state index contributed by atoms with van der Waals surface area (Å²) >= 11 is 0. The van der Waals surface area contributed by atoms with E-state index < -0.39 is 10.0 Å². The highest BCUT2D eigenvalue weighted by atomic mass is 32.2. The van der Waals surface area contributed by atoms with Gasteiger partial charge in [0.1, 0.15) is 0 Å². The van der Waals surface area contributed by atoms with Gasteiger partial charge in [-0.3, -0.25) is 4.79 Å². The number of nitrogens with two attached hydrogens (primary N) is 1. The topological polar surface area (TPSA) is 92.5 Å². The average Bonchev–Trinajstić information content (AvgIpc) is 2.56. The molecular weight excluding hydrogens is 338 g/mol. The summed E-state index contributed by atoms with van der Waals surface area (Å²) in [7, 11) is -1.96. The number of aryl methyl sites for hydroxylation is 2. The summed E-state index contributed by atoms with van der Waals surface area (Å²) in [5, 5.41) is 0. The minimum atomic E-state index is -3.59. The van der Waals surface area contributed by atoms with Crippen LogP contribution in [0.15, 0.2) is 47.4 Å². The second kappa shape index (κ2) is 7.67. The number of nitrogens with one attached hydrogen (secondary N) is 1. The molecule has 0 aliphatic heterocycles. The standard InChI is InChI=1S/C18H23N3O3S/c1-13-4-8-16(9-5-13)25(23,24)20-10-11-21(3)18(22)17-12-15(19)7-6-14(17)2/h4-9,12,20H,10-11,19H2,1-3H3. The number of hydrogen-bond acceptors (Lipinski definition) is 4. The molecule has 6 nitrogen and oxygen atoms in total. The van der Waals surface area contributed by atoms with Gasteiger partial charge in [-0.2, -0.15) is 0 Å². The lowest BCUT2D eigenvalue weighted by Crippen LogP contribution is -2.36. The molecule has 0 saturated heterocycles. The van der Waals surface area contributed by atoms with Crippen LogP contribution >= 0.6 is 0 Å². The SMILES string of the molecule is Cc1ccc(S(=O)(=O)NCCN(C)C(=O)c2cc(N)ccc2C)cc1. The van der Waals surface area contributed by atoms with E-state index in [4.69, 9.17) is 5.73 Å². The first-order chi connectivity index (χ1) is 11.7. The number of benzene rings is 2. The maximum atomic E-state index is 12.5. The minimum absolute atomic E-state index is 0.125. The molecule has 0 aliphatic rings. The van der Waals surface area contributed by atoms with E-state index in [0.29, 0.717) is 11.3 Å². The number of amides is 1. The van der Waals surface area contributed by atoms with Crippen molar-refractivity contribution >= 4 is 21.6 Å². The third-order valence-electron chi connectivity index (χ3n) is 3.91. The van der Waals surface area contributed by atoms with Gasteiger partial charge in [-0.1, -0.05) is 23.8 Å². The van der Waals surface area contributed by atoms with Gasteiger partial charge in [0.25, 0.3) is 5.91 Å². The summed E-state index contributed by atoms with van der Waals surface area (Å²) in [5.41, 5.74) is 8.58. The van der Waals surface area contributed by atoms with Crippen LogP contribution in [0.3, 0.4) is 0 Å². The summed E-state index contributed by atoms with van der Waals surface area (Å²) in [4.78, 5) is 14.2. The molecule has 0 aliphatic carbocycles. The molecule has 2 aromatic rings. The number of rotatable bonds is 6. The average molecular weight is 361 g/mol. The van der Waals surface area contributed by atoms with Gasteiger partial charge in [0.2, 0.25) is 10.0 Å². The Hall–Kier alpha value is -2.38. The maximum absolute atomic E-state index is 12.5. The third kappa shape index (κ3) is 4.80. The van der Waals surface area contributed by atoms with Crippen LogP contribution in [0.25, 0.3) is 0 Å². The van der Waals surface area contributed by atoms with Crippen LogP contribution in [0.2, 0.25) is 0 Å². The smallest absolute Gasteiger partial charge is 0.253 e. The first-order valence-electron chi connectivity index (χ1n) is 7.88. The molecule has 2 aromatic carbocycles. The van der Waals surface area contributed by atoms with Crippen LogP contribution in [0.5, 0.6) is 0 Å². The summed E-state index contributed by atoms with van der Waals surface area (Å²) in [6.07, 6.45) is 0. The number of nitrogen functional groups attached to an aromatic ring is 1. The predicted molar refractivity (Wildman–Crippen MR) is 98.9 cm³/mol. The zero-order valence-corrected chi connectivity index (χ0v) is 15.4. The summed E-state index contributed by atoms with van der Waals surface area (Å²) in [5.74, 6) is -0.195. The van der Waals surface area contributed by atoms with Crippen molar-refractivity contribution in [3.63, 3.8) is 0 Å². The van der Waals surface area contributed by atoms with Crippen LogP contribution in [0.4, 0.5) is 5.69 Å². The number of anilines is 1. The number of nitrogens with zero attached hydrogens (tertiary/aromatic N) is 1. The van der Waals surface area contributed by atoms with Crippen molar-refractivity contribution in [1.82, 2.24) is 9.62 Å². The predicted octanol–water partition coefficient (Wildman–Crippen LogP) is 1.94. The van der Waals surface area contributed by atoms with E-state index in [1.807, 2.05) is 13.8 Å². The fourth-order valence-electron chi connectivity index (χ4n) is 2.33. The van der Waals surface area contributed by atoms with Crippen molar-refractivity contribution in [2.24, 2.45) is 0 Å². The number of likely N-dealkylation sites (N-methyl/N-ethyl adjacent to an activating group) is 1. The third-order valence-corrected chi connectivity index (χ3v) is 5.39. The zero-order valence-electron chi connectivity index (χ0n) is 14.6. The Morgan fingerprint density at radius 2 is 1.76 bits per heavy atom. The van der Waals surface area contributed by atoms with Crippen LogP contribution in [-0.4, -0.2) is 39.4 Å². The van der Waals surface area contributed by atoms with Gasteiger partial charge in [-0.05, 0) is 43.7 Å². The van der Waals surface area contributed by atoms with Gasteiger partial charge in [-0.15, -0.1) is 0 Å². The largest absolute Gasteiger partial charge is 0.399 e. The van der Waals surface area contributed by atoms with Crippen LogP contribution in [0.1, 0.15) is 21.5 Å². The van der Waals surface area contributed by atoms with E-state index in [9.17, 15) is 13.2 Å². The van der Waals surface area contributed by atoms with Crippen molar-refractivity contribution in [3.8, 4) is 0 Å². The summed E-state index contributed by atoms with van der Waals surface area (Å²) in [6.45, 7) is 4.10. The van der Waals surface area contributed by atoms with E-state index in [-0.39, 0.29) is 23.9 Å². The van der Waals surface area contributed by atoms with Crippen molar-refractivity contribution in [3.05, 3.63) is 59.2 Å². The molecule has 0 aromatic heterocycles. The molecule has 3 N–H and O–H groups in total. The molecule has 0 bridgehead atoms. The normalized spacial score (nSPS) is 11.3. The van der Waals surface area contributed by atoms with Crippen molar-refractivity contribution < 1.29 is 13.2 Å². The van der Waals surface area contributed by atoms with Crippen LogP contribution in [-0.2, 0) is 10.0 Å². The first-order valence-corrected chi connectivity index (χ1v) is 9.37. The van der Waals surface area contributed by atoms with E-state index in [0.717, 1.165) is 11.1 Å². The van der Waals surface area contributed by atoms with Gasteiger partial charge in [0, 0.05) is 31.4 Å². The van der Waals surface area contributed by atoms with E-state index in [1.165, 1.54) is 4.90 Å². The Labute approximate surface area is 148 Å².